The van der Waals surface area contributed by atoms with Crippen molar-refractivity contribution in [1.82, 2.24) is 4.98 Å². The van der Waals surface area contributed by atoms with Crippen molar-refractivity contribution in [2.45, 2.75) is 5.92 Å². The first-order chi connectivity index (χ1) is 9.29. The number of nitrogens with zero attached hydrogens (tertiary/aromatic N) is 1. The predicted molar refractivity (Wildman–Crippen MR) is 69.9 cm³/mol. The van der Waals surface area contributed by atoms with Gasteiger partial charge in [-0.3, -0.25) is 9.78 Å². The summed E-state index contributed by atoms with van der Waals surface area (Å²) in [6.45, 7) is 0.341. The second kappa shape index (κ2) is 4.72. The fourth-order valence-corrected chi connectivity index (χ4v) is 2.24. The molecule has 0 saturated carbocycles. The van der Waals surface area contributed by atoms with E-state index >= 15 is 0 Å². The van der Waals surface area contributed by atoms with Crippen LogP contribution in [0.15, 0.2) is 42.6 Å². The molecular weight excluding hydrogens is 242 g/mol. The molecule has 19 heavy (non-hydrogen) atoms. The van der Waals surface area contributed by atoms with Crippen molar-refractivity contribution in [3.63, 3.8) is 0 Å². The molecule has 0 radical (unpaired) electrons. The van der Waals surface area contributed by atoms with Gasteiger partial charge in [0.2, 0.25) is 0 Å². The number of fused-ring (bicyclic) bond motifs is 1. The zero-order valence-electron chi connectivity index (χ0n) is 10.5. The smallest absolute Gasteiger partial charge is 0.316 e. The van der Waals surface area contributed by atoms with Gasteiger partial charge in [-0.05, 0) is 18.2 Å². The molecule has 0 aliphatic carbocycles. The Labute approximate surface area is 111 Å². The number of carbonyl (C=O) groups excluding carboxylic acids is 1. The molecule has 0 spiro atoms. The first kappa shape index (κ1) is 11.7. The minimum absolute atomic E-state index is 0.260. The third kappa shape index (κ3) is 2.05. The van der Waals surface area contributed by atoms with Crippen LogP contribution in [0.1, 0.15) is 11.5 Å². The number of carbonyl (C=O) groups is 1. The molecule has 0 amide bonds. The van der Waals surface area contributed by atoms with Crippen LogP contribution in [0.4, 0.5) is 0 Å². The Bertz CT molecular complexity index is 610. The number of ether oxygens (including phenoxy) is 2. The highest BCUT2D eigenvalue weighted by molar-refractivity contribution is 5.81. The number of benzene rings is 1. The molecule has 4 heteroatoms. The fraction of sp³-hybridized carbons (Fsp3) is 0.200. The molecule has 1 atom stereocenters. The van der Waals surface area contributed by atoms with Crippen molar-refractivity contribution in [3.8, 4) is 17.0 Å². The van der Waals surface area contributed by atoms with Crippen LogP contribution in [-0.2, 0) is 9.53 Å². The van der Waals surface area contributed by atoms with Crippen LogP contribution < -0.4 is 4.74 Å². The van der Waals surface area contributed by atoms with E-state index in [2.05, 4.69) is 4.98 Å². The van der Waals surface area contributed by atoms with E-state index in [1.54, 1.807) is 6.20 Å². The normalized spacial score (nSPS) is 16.6. The van der Waals surface area contributed by atoms with E-state index in [9.17, 15) is 4.79 Å². The molecule has 1 aliphatic heterocycles. The standard InChI is InChI=1S/C15H13NO3/c1-18-15(17)12-9-19-14-8-10(5-6-11(12)14)13-4-2-3-7-16-13/h2-8,12H,9H2,1H3. The van der Waals surface area contributed by atoms with Crippen LogP contribution >= 0.6 is 0 Å². The van der Waals surface area contributed by atoms with E-state index < -0.39 is 0 Å². The van der Waals surface area contributed by atoms with E-state index in [4.69, 9.17) is 9.47 Å². The minimum atomic E-state index is -0.321. The summed E-state index contributed by atoms with van der Waals surface area (Å²) in [7, 11) is 1.39. The number of esters is 1. The first-order valence-corrected chi connectivity index (χ1v) is 6.05. The Hall–Kier alpha value is -2.36. The SMILES string of the molecule is COC(=O)C1COc2cc(-c3ccccn3)ccc21. The van der Waals surface area contributed by atoms with E-state index in [0.29, 0.717) is 6.61 Å². The van der Waals surface area contributed by atoms with Crippen molar-refractivity contribution in [1.29, 1.82) is 0 Å². The molecule has 1 aromatic heterocycles. The lowest BCUT2D eigenvalue weighted by Gasteiger charge is -2.06. The lowest BCUT2D eigenvalue weighted by molar-refractivity contribution is -0.142. The van der Waals surface area contributed by atoms with E-state index in [1.807, 2.05) is 36.4 Å². The van der Waals surface area contributed by atoms with Crippen LogP contribution in [0.25, 0.3) is 11.3 Å². The van der Waals surface area contributed by atoms with Gasteiger partial charge in [-0.25, -0.2) is 0 Å². The summed E-state index contributed by atoms with van der Waals surface area (Å²) >= 11 is 0. The maximum absolute atomic E-state index is 11.6. The molecule has 1 unspecified atom stereocenters. The van der Waals surface area contributed by atoms with Gasteiger partial charge in [-0.15, -0.1) is 0 Å². The average Bonchev–Trinajstić information content (AvgIpc) is 2.90. The van der Waals surface area contributed by atoms with Crippen molar-refractivity contribution in [2.24, 2.45) is 0 Å². The molecule has 96 valence electrons. The average molecular weight is 255 g/mol. The highest BCUT2D eigenvalue weighted by atomic mass is 16.5. The number of methoxy groups -OCH3 is 1. The van der Waals surface area contributed by atoms with Crippen molar-refractivity contribution >= 4 is 5.97 Å². The summed E-state index contributed by atoms with van der Waals surface area (Å²) in [5, 5.41) is 0. The number of rotatable bonds is 2. The maximum Gasteiger partial charge on any atom is 0.316 e. The van der Waals surface area contributed by atoms with Gasteiger partial charge in [0.05, 0.1) is 12.8 Å². The molecule has 1 aromatic carbocycles. The molecule has 0 bridgehead atoms. The van der Waals surface area contributed by atoms with Crippen LogP contribution in [0.2, 0.25) is 0 Å². The van der Waals surface area contributed by atoms with Gasteiger partial charge in [-0.1, -0.05) is 18.2 Å². The minimum Gasteiger partial charge on any atom is -0.492 e. The largest absolute Gasteiger partial charge is 0.492 e. The van der Waals surface area contributed by atoms with Crippen LogP contribution in [0.5, 0.6) is 5.75 Å². The highest BCUT2D eigenvalue weighted by Crippen LogP contribution is 2.37. The lowest BCUT2D eigenvalue weighted by Crippen LogP contribution is -2.15. The summed E-state index contributed by atoms with van der Waals surface area (Å²) in [6, 6.07) is 11.5. The quantitative estimate of drug-likeness (QED) is 0.773. The Kier molecular flexibility index (Phi) is 2.91. The summed E-state index contributed by atoms with van der Waals surface area (Å²) in [5.74, 6) is 0.153. The number of hydrogen-bond acceptors (Lipinski definition) is 4. The third-order valence-electron chi connectivity index (χ3n) is 3.24. The van der Waals surface area contributed by atoms with Gasteiger partial charge >= 0.3 is 5.97 Å². The molecule has 3 rings (SSSR count). The topological polar surface area (TPSA) is 48.4 Å². The van der Waals surface area contributed by atoms with Crippen LogP contribution in [0.3, 0.4) is 0 Å². The van der Waals surface area contributed by atoms with Crippen molar-refractivity contribution < 1.29 is 14.3 Å². The molecule has 4 nitrogen and oxygen atoms in total. The summed E-state index contributed by atoms with van der Waals surface area (Å²) < 4.78 is 10.3. The van der Waals surface area contributed by atoms with E-state index in [1.165, 1.54) is 7.11 Å². The van der Waals surface area contributed by atoms with Gasteiger partial charge in [0.15, 0.2) is 0 Å². The zero-order chi connectivity index (χ0) is 13.2. The molecule has 2 aromatic rings. The third-order valence-corrected chi connectivity index (χ3v) is 3.24. The second-order valence-corrected chi connectivity index (χ2v) is 4.35. The molecule has 1 aliphatic rings. The molecule has 2 heterocycles. The second-order valence-electron chi connectivity index (χ2n) is 4.35. The van der Waals surface area contributed by atoms with E-state index in [-0.39, 0.29) is 11.9 Å². The molecule has 0 fully saturated rings. The monoisotopic (exact) mass is 255 g/mol. The Balaban J connectivity index is 1.97. The van der Waals surface area contributed by atoms with Gasteiger partial charge in [-0.2, -0.15) is 0 Å². The van der Waals surface area contributed by atoms with Crippen LogP contribution in [0, 0.1) is 0 Å². The van der Waals surface area contributed by atoms with Crippen molar-refractivity contribution in [3.05, 3.63) is 48.2 Å². The fourth-order valence-electron chi connectivity index (χ4n) is 2.24. The number of pyridine rings is 1. The lowest BCUT2D eigenvalue weighted by atomic mass is 9.99. The van der Waals surface area contributed by atoms with Gasteiger partial charge < -0.3 is 9.47 Å². The first-order valence-electron chi connectivity index (χ1n) is 6.05. The Morgan fingerprint density at radius 2 is 2.26 bits per heavy atom. The van der Waals surface area contributed by atoms with E-state index in [0.717, 1.165) is 22.6 Å². The van der Waals surface area contributed by atoms with Gasteiger partial charge in [0.1, 0.15) is 18.3 Å². The predicted octanol–water partition coefficient (Wildman–Crippen LogP) is 2.40. The highest BCUT2D eigenvalue weighted by Gasteiger charge is 2.31. The Morgan fingerprint density at radius 1 is 1.37 bits per heavy atom. The molecule has 0 saturated heterocycles. The number of hydrogen-bond donors (Lipinski definition) is 0. The van der Waals surface area contributed by atoms with Gasteiger partial charge in [0, 0.05) is 17.3 Å². The maximum atomic E-state index is 11.6. The Morgan fingerprint density at radius 3 is 3.00 bits per heavy atom. The summed E-state index contributed by atoms with van der Waals surface area (Å²) in [6.07, 6.45) is 1.75. The van der Waals surface area contributed by atoms with Gasteiger partial charge in [0.25, 0.3) is 0 Å². The summed E-state index contributed by atoms with van der Waals surface area (Å²) in [5.41, 5.74) is 2.74. The molecule has 0 N–H and O–H groups in total. The zero-order valence-corrected chi connectivity index (χ0v) is 10.5. The summed E-state index contributed by atoms with van der Waals surface area (Å²) in [4.78, 5) is 15.9. The van der Waals surface area contributed by atoms with Crippen molar-refractivity contribution in [2.75, 3.05) is 13.7 Å². The number of aromatic nitrogens is 1. The molecular formula is C15H13NO3. The van der Waals surface area contributed by atoms with Crippen LogP contribution in [-0.4, -0.2) is 24.7 Å².